The fourth-order valence-electron chi connectivity index (χ4n) is 3.82. The largest absolute Gasteiger partial charge is 0.348 e. The van der Waals surface area contributed by atoms with Crippen molar-refractivity contribution >= 4 is 26.3 Å². The summed E-state index contributed by atoms with van der Waals surface area (Å²) in [5.41, 5.74) is 3.60. The standard InChI is InChI=1S/C23H25FN2O2S2/c1-2-17-6-8-18(9-7-17)14-20-16-29-23(25-20)26-12-10-21(11-13-26)30(27,28)22-5-3-4-19(24)15-22/h3-9,15-16,21H,2,10-14H2,1H3. The number of hydrogen-bond acceptors (Lipinski definition) is 5. The van der Waals surface area contributed by atoms with Crippen molar-refractivity contribution in [3.8, 4) is 0 Å². The number of thiazole rings is 1. The Morgan fingerprint density at radius 3 is 2.47 bits per heavy atom. The summed E-state index contributed by atoms with van der Waals surface area (Å²) in [6.07, 6.45) is 2.87. The Morgan fingerprint density at radius 1 is 1.10 bits per heavy atom. The molecule has 1 aliphatic heterocycles. The number of halogens is 1. The molecular formula is C23H25FN2O2S2. The smallest absolute Gasteiger partial charge is 0.185 e. The van der Waals surface area contributed by atoms with Crippen LogP contribution in [0.4, 0.5) is 9.52 Å². The van der Waals surface area contributed by atoms with Crippen molar-refractivity contribution in [1.82, 2.24) is 4.98 Å². The topological polar surface area (TPSA) is 50.3 Å². The van der Waals surface area contributed by atoms with E-state index < -0.39 is 20.9 Å². The lowest BCUT2D eigenvalue weighted by molar-refractivity contribution is 0.528. The Kier molecular flexibility index (Phi) is 6.20. The van der Waals surface area contributed by atoms with Crippen molar-refractivity contribution in [2.75, 3.05) is 18.0 Å². The molecule has 0 bridgehead atoms. The first-order chi connectivity index (χ1) is 14.5. The van der Waals surface area contributed by atoms with Crippen LogP contribution < -0.4 is 4.90 Å². The van der Waals surface area contributed by atoms with Gasteiger partial charge in [0, 0.05) is 24.9 Å². The fraction of sp³-hybridized carbons (Fsp3) is 0.348. The van der Waals surface area contributed by atoms with E-state index in [1.807, 2.05) is 0 Å². The maximum atomic E-state index is 13.5. The highest BCUT2D eigenvalue weighted by molar-refractivity contribution is 7.92. The van der Waals surface area contributed by atoms with Gasteiger partial charge in [-0.1, -0.05) is 37.3 Å². The van der Waals surface area contributed by atoms with Crippen LogP contribution in [0.5, 0.6) is 0 Å². The quantitative estimate of drug-likeness (QED) is 0.544. The zero-order chi connectivity index (χ0) is 21.1. The first-order valence-electron chi connectivity index (χ1n) is 10.2. The van der Waals surface area contributed by atoms with Gasteiger partial charge in [0.05, 0.1) is 15.8 Å². The Labute approximate surface area is 181 Å². The minimum absolute atomic E-state index is 0.0755. The second kappa shape index (κ2) is 8.86. The number of aromatic nitrogens is 1. The van der Waals surface area contributed by atoms with E-state index in [4.69, 9.17) is 4.98 Å². The number of hydrogen-bond donors (Lipinski definition) is 0. The van der Waals surface area contributed by atoms with E-state index in [0.29, 0.717) is 25.9 Å². The molecule has 158 valence electrons. The van der Waals surface area contributed by atoms with Crippen LogP contribution in [0.3, 0.4) is 0 Å². The molecule has 4 rings (SSSR count). The molecule has 0 N–H and O–H groups in total. The highest BCUT2D eigenvalue weighted by atomic mass is 32.2. The number of anilines is 1. The van der Waals surface area contributed by atoms with Gasteiger partial charge in [0.2, 0.25) is 0 Å². The van der Waals surface area contributed by atoms with Gasteiger partial charge in [0.15, 0.2) is 15.0 Å². The number of aryl methyl sites for hydroxylation is 1. The second-order valence-corrected chi connectivity index (χ2v) is 10.7. The van der Waals surface area contributed by atoms with Crippen molar-refractivity contribution in [3.05, 3.63) is 76.5 Å². The van der Waals surface area contributed by atoms with Crippen LogP contribution in [0.2, 0.25) is 0 Å². The first kappa shape index (κ1) is 21.0. The van der Waals surface area contributed by atoms with Crippen molar-refractivity contribution in [1.29, 1.82) is 0 Å². The van der Waals surface area contributed by atoms with E-state index in [-0.39, 0.29) is 4.90 Å². The molecule has 0 saturated carbocycles. The average molecular weight is 445 g/mol. The Morgan fingerprint density at radius 2 is 1.80 bits per heavy atom. The van der Waals surface area contributed by atoms with E-state index in [9.17, 15) is 12.8 Å². The molecule has 1 aromatic heterocycles. The fourth-order valence-corrected chi connectivity index (χ4v) is 6.46. The Bertz CT molecular complexity index is 1100. The summed E-state index contributed by atoms with van der Waals surface area (Å²) in [6, 6.07) is 13.9. The molecule has 0 atom stereocenters. The molecule has 30 heavy (non-hydrogen) atoms. The number of rotatable bonds is 6. The summed E-state index contributed by atoms with van der Waals surface area (Å²) in [4.78, 5) is 7.01. The van der Waals surface area contributed by atoms with Crippen LogP contribution in [-0.4, -0.2) is 31.7 Å². The summed E-state index contributed by atoms with van der Waals surface area (Å²) in [6.45, 7) is 3.42. The van der Waals surface area contributed by atoms with Crippen molar-refractivity contribution in [3.63, 3.8) is 0 Å². The molecule has 0 amide bonds. The van der Waals surface area contributed by atoms with E-state index in [2.05, 4.69) is 41.5 Å². The third-order valence-corrected chi connectivity index (χ3v) is 8.84. The molecular weight excluding hydrogens is 419 g/mol. The maximum Gasteiger partial charge on any atom is 0.185 e. The predicted octanol–water partition coefficient (Wildman–Crippen LogP) is 4.88. The minimum Gasteiger partial charge on any atom is -0.348 e. The van der Waals surface area contributed by atoms with Crippen LogP contribution in [-0.2, 0) is 22.7 Å². The van der Waals surface area contributed by atoms with Gasteiger partial charge in [-0.05, 0) is 48.6 Å². The van der Waals surface area contributed by atoms with E-state index in [1.54, 1.807) is 11.3 Å². The van der Waals surface area contributed by atoms with Gasteiger partial charge in [-0.2, -0.15) is 0 Å². The number of piperidine rings is 1. The van der Waals surface area contributed by atoms with Gasteiger partial charge in [-0.3, -0.25) is 0 Å². The van der Waals surface area contributed by atoms with E-state index in [0.717, 1.165) is 29.7 Å². The summed E-state index contributed by atoms with van der Waals surface area (Å²) in [5, 5.41) is 2.54. The molecule has 4 nitrogen and oxygen atoms in total. The van der Waals surface area contributed by atoms with Crippen molar-refractivity contribution < 1.29 is 12.8 Å². The first-order valence-corrected chi connectivity index (χ1v) is 12.6. The molecule has 1 fully saturated rings. The molecule has 2 aromatic carbocycles. The third-order valence-electron chi connectivity index (χ3n) is 5.63. The van der Waals surface area contributed by atoms with E-state index in [1.165, 1.54) is 29.3 Å². The number of nitrogens with zero attached hydrogens (tertiary/aromatic N) is 2. The number of benzene rings is 2. The van der Waals surface area contributed by atoms with Crippen LogP contribution in [0.1, 0.15) is 36.6 Å². The van der Waals surface area contributed by atoms with E-state index >= 15 is 0 Å². The lowest BCUT2D eigenvalue weighted by Gasteiger charge is -2.31. The molecule has 0 unspecified atom stereocenters. The molecule has 2 heterocycles. The van der Waals surface area contributed by atoms with Crippen LogP contribution >= 0.6 is 11.3 Å². The molecule has 1 saturated heterocycles. The van der Waals surface area contributed by atoms with Gasteiger partial charge >= 0.3 is 0 Å². The summed E-state index contributed by atoms with van der Waals surface area (Å²) >= 11 is 1.61. The second-order valence-electron chi connectivity index (χ2n) is 7.66. The number of sulfone groups is 1. The van der Waals surface area contributed by atoms with Gasteiger partial charge < -0.3 is 4.90 Å². The molecule has 7 heteroatoms. The lowest BCUT2D eigenvalue weighted by Crippen LogP contribution is -2.39. The maximum absolute atomic E-state index is 13.5. The Balaban J connectivity index is 1.38. The van der Waals surface area contributed by atoms with Crippen LogP contribution in [0.25, 0.3) is 0 Å². The predicted molar refractivity (Wildman–Crippen MR) is 120 cm³/mol. The van der Waals surface area contributed by atoms with Crippen LogP contribution in [0.15, 0.2) is 58.8 Å². The molecule has 0 spiro atoms. The zero-order valence-electron chi connectivity index (χ0n) is 16.9. The van der Waals surface area contributed by atoms with Crippen molar-refractivity contribution in [2.45, 2.75) is 42.8 Å². The normalized spacial score (nSPS) is 15.5. The third kappa shape index (κ3) is 4.57. The monoisotopic (exact) mass is 444 g/mol. The van der Waals surface area contributed by atoms with Gasteiger partial charge in [-0.15, -0.1) is 11.3 Å². The SMILES string of the molecule is CCc1ccc(Cc2csc(N3CCC(S(=O)(=O)c4cccc(F)c4)CC3)n2)cc1. The lowest BCUT2D eigenvalue weighted by atomic mass is 10.1. The average Bonchev–Trinajstić information content (AvgIpc) is 3.23. The van der Waals surface area contributed by atoms with Crippen LogP contribution in [0, 0.1) is 5.82 Å². The molecule has 3 aromatic rings. The highest BCUT2D eigenvalue weighted by Gasteiger charge is 2.32. The highest BCUT2D eigenvalue weighted by Crippen LogP contribution is 2.29. The molecule has 0 radical (unpaired) electrons. The molecule has 1 aliphatic rings. The van der Waals surface area contributed by atoms with Gasteiger partial charge in [-0.25, -0.2) is 17.8 Å². The van der Waals surface area contributed by atoms with Gasteiger partial charge in [0.25, 0.3) is 0 Å². The summed E-state index contributed by atoms with van der Waals surface area (Å²) in [7, 11) is -3.52. The Hall–Kier alpha value is -2.25. The summed E-state index contributed by atoms with van der Waals surface area (Å²) < 4.78 is 39.1. The molecule has 0 aliphatic carbocycles. The summed E-state index contributed by atoms with van der Waals surface area (Å²) in [5.74, 6) is -0.520. The minimum atomic E-state index is -3.52. The van der Waals surface area contributed by atoms with Gasteiger partial charge in [0.1, 0.15) is 5.82 Å². The van der Waals surface area contributed by atoms with Crippen molar-refractivity contribution in [2.24, 2.45) is 0 Å². The zero-order valence-corrected chi connectivity index (χ0v) is 18.6.